The Morgan fingerprint density at radius 1 is 0.842 bits per heavy atom. The molecule has 0 N–H and O–H groups in total. The van der Waals surface area contributed by atoms with E-state index < -0.39 is 0 Å². The van der Waals surface area contributed by atoms with Gasteiger partial charge in [-0.2, -0.15) is 0 Å². The Labute approximate surface area is 110 Å². The molecule has 0 saturated heterocycles. The number of hydrogen-bond donors (Lipinski definition) is 0. The van der Waals surface area contributed by atoms with Crippen molar-refractivity contribution in [3.8, 4) is 11.3 Å². The van der Waals surface area contributed by atoms with Crippen molar-refractivity contribution in [1.82, 2.24) is 14.4 Å². The standard InChI is InChI=1S/C16H11N3/c1-2-6-13-12(5-1)9-17-10-14(13)15-11-18-16-7-3-4-8-19(15)16/h1-11H. The minimum Gasteiger partial charge on any atom is -0.300 e. The van der Waals surface area contributed by atoms with Crippen LogP contribution in [0.5, 0.6) is 0 Å². The van der Waals surface area contributed by atoms with Crippen LogP contribution in [0.25, 0.3) is 27.7 Å². The number of aromatic nitrogens is 3. The summed E-state index contributed by atoms with van der Waals surface area (Å²) in [6.45, 7) is 0. The Morgan fingerprint density at radius 2 is 1.74 bits per heavy atom. The van der Waals surface area contributed by atoms with E-state index in [0.29, 0.717) is 0 Å². The van der Waals surface area contributed by atoms with Gasteiger partial charge in [0, 0.05) is 29.5 Å². The first-order chi connectivity index (χ1) is 9.43. The average Bonchev–Trinajstić information content (AvgIpc) is 2.90. The average molecular weight is 245 g/mol. The van der Waals surface area contributed by atoms with E-state index in [-0.39, 0.29) is 0 Å². The molecule has 0 fully saturated rings. The van der Waals surface area contributed by atoms with Gasteiger partial charge in [0.05, 0.1) is 11.9 Å². The summed E-state index contributed by atoms with van der Waals surface area (Å²) >= 11 is 0. The molecule has 0 aliphatic rings. The molecule has 0 unspecified atom stereocenters. The Hall–Kier alpha value is -2.68. The first kappa shape index (κ1) is 10.3. The maximum absolute atomic E-state index is 4.44. The quantitative estimate of drug-likeness (QED) is 0.513. The molecule has 90 valence electrons. The van der Waals surface area contributed by atoms with Gasteiger partial charge in [-0.05, 0) is 17.5 Å². The molecule has 0 bridgehead atoms. The summed E-state index contributed by atoms with van der Waals surface area (Å²) in [5.41, 5.74) is 3.13. The highest BCUT2D eigenvalue weighted by molar-refractivity contribution is 5.95. The normalized spacial score (nSPS) is 11.2. The number of benzene rings is 1. The van der Waals surface area contributed by atoms with E-state index in [1.54, 1.807) is 0 Å². The summed E-state index contributed by atoms with van der Waals surface area (Å²) in [6.07, 6.45) is 7.72. The second kappa shape index (κ2) is 3.92. The van der Waals surface area contributed by atoms with Crippen molar-refractivity contribution in [1.29, 1.82) is 0 Å². The Balaban J connectivity index is 2.10. The van der Waals surface area contributed by atoms with Gasteiger partial charge in [-0.25, -0.2) is 4.98 Å². The van der Waals surface area contributed by atoms with Gasteiger partial charge in [0.2, 0.25) is 0 Å². The summed E-state index contributed by atoms with van der Waals surface area (Å²) in [7, 11) is 0. The second-order valence-corrected chi connectivity index (χ2v) is 4.48. The van der Waals surface area contributed by atoms with Crippen molar-refractivity contribution in [2.24, 2.45) is 0 Å². The minimum atomic E-state index is 0.949. The first-order valence-electron chi connectivity index (χ1n) is 6.19. The molecule has 3 heterocycles. The summed E-state index contributed by atoms with van der Waals surface area (Å²) in [4.78, 5) is 8.77. The maximum atomic E-state index is 4.44. The fraction of sp³-hybridized carbons (Fsp3) is 0. The molecular formula is C16H11N3. The van der Waals surface area contributed by atoms with Gasteiger partial charge in [-0.1, -0.05) is 30.3 Å². The van der Waals surface area contributed by atoms with Gasteiger partial charge in [-0.15, -0.1) is 0 Å². The van der Waals surface area contributed by atoms with Gasteiger partial charge in [0.15, 0.2) is 0 Å². The van der Waals surface area contributed by atoms with Crippen LogP contribution in [0.3, 0.4) is 0 Å². The van der Waals surface area contributed by atoms with E-state index in [9.17, 15) is 0 Å². The molecule has 0 atom stereocenters. The third-order valence-electron chi connectivity index (χ3n) is 3.36. The van der Waals surface area contributed by atoms with Crippen LogP contribution in [-0.2, 0) is 0 Å². The lowest BCUT2D eigenvalue weighted by molar-refractivity contribution is 1.19. The molecule has 0 aliphatic heterocycles. The molecular weight excluding hydrogens is 234 g/mol. The smallest absolute Gasteiger partial charge is 0.137 e. The Morgan fingerprint density at radius 3 is 2.74 bits per heavy atom. The molecule has 1 aromatic carbocycles. The number of fused-ring (bicyclic) bond motifs is 2. The fourth-order valence-corrected chi connectivity index (χ4v) is 2.45. The number of rotatable bonds is 1. The van der Waals surface area contributed by atoms with Gasteiger partial charge >= 0.3 is 0 Å². The van der Waals surface area contributed by atoms with E-state index in [4.69, 9.17) is 0 Å². The maximum Gasteiger partial charge on any atom is 0.137 e. The van der Waals surface area contributed by atoms with Crippen LogP contribution in [0.2, 0.25) is 0 Å². The summed E-state index contributed by atoms with van der Waals surface area (Å²) in [5, 5.41) is 2.34. The highest BCUT2D eigenvalue weighted by Gasteiger charge is 2.08. The van der Waals surface area contributed by atoms with Crippen molar-refractivity contribution in [3.63, 3.8) is 0 Å². The highest BCUT2D eigenvalue weighted by Crippen LogP contribution is 2.27. The van der Waals surface area contributed by atoms with E-state index in [2.05, 4.69) is 32.6 Å². The number of nitrogens with zero attached hydrogens (tertiary/aromatic N) is 3. The predicted octanol–water partition coefficient (Wildman–Crippen LogP) is 3.55. The SMILES string of the molecule is c1ccc2c(-c3cnc4ccccn34)cncc2c1. The third kappa shape index (κ3) is 1.52. The van der Waals surface area contributed by atoms with Crippen LogP contribution in [0.15, 0.2) is 67.3 Å². The lowest BCUT2D eigenvalue weighted by Crippen LogP contribution is -1.89. The number of hydrogen-bond acceptors (Lipinski definition) is 2. The fourth-order valence-electron chi connectivity index (χ4n) is 2.45. The molecule has 19 heavy (non-hydrogen) atoms. The zero-order valence-corrected chi connectivity index (χ0v) is 10.2. The summed E-state index contributed by atoms with van der Waals surface area (Å²) < 4.78 is 2.09. The third-order valence-corrected chi connectivity index (χ3v) is 3.36. The van der Waals surface area contributed by atoms with Gasteiger partial charge < -0.3 is 0 Å². The van der Waals surface area contributed by atoms with Gasteiger partial charge in [0.25, 0.3) is 0 Å². The van der Waals surface area contributed by atoms with Crippen LogP contribution in [-0.4, -0.2) is 14.4 Å². The van der Waals surface area contributed by atoms with Crippen LogP contribution >= 0.6 is 0 Å². The molecule has 0 aliphatic carbocycles. The van der Waals surface area contributed by atoms with Crippen LogP contribution < -0.4 is 0 Å². The molecule has 0 radical (unpaired) electrons. The molecule has 4 rings (SSSR count). The lowest BCUT2D eigenvalue weighted by atomic mass is 10.1. The molecule has 3 heteroatoms. The first-order valence-corrected chi connectivity index (χ1v) is 6.19. The van der Waals surface area contributed by atoms with E-state index >= 15 is 0 Å². The van der Waals surface area contributed by atoms with Crippen LogP contribution in [0.4, 0.5) is 0 Å². The molecule has 3 nitrogen and oxygen atoms in total. The predicted molar refractivity (Wildman–Crippen MR) is 75.9 cm³/mol. The Bertz CT molecular complexity index is 872. The number of pyridine rings is 2. The highest BCUT2D eigenvalue weighted by atomic mass is 15.0. The van der Waals surface area contributed by atoms with Crippen molar-refractivity contribution >= 4 is 16.4 Å². The van der Waals surface area contributed by atoms with Crippen LogP contribution in [0.1, 0.15) is 0 Å². The Kier molecular flexibility index (Phi) is 2.12. The minimum absolute atomic E-state index is 0.949. The largest absolute Gasteiger partial charge is 0.300 e. The zero-order chi connectivity index (χ0) is 12.7. The molecule has 3 aromatic heterocycles. The topological polar surface area (TPSA) is 30.2 Å². The second-order valence-electron chi connectivity index (χ2n) is 4.48. The van der Waals surface area contributed by atoms with Crippen molar-refractivity contribution in [2.75, 3.05) is 0 Å². The molecule has 0 spiro atoms. The summed E-state index contributed by atoms with van der Waals surface area (Å²) in [5.74, 6) is 0. The van der Waals surface area contributed by atoms with Gasteiger partial charge in [-0.3, -0.25) is 9.38 Å². The molecule has 4 aromatic rings. The van der Waals surface area contributed by atoms with Crippen molar-refractivity contribution < 1.29 is 0 Å². The van der Waals surface area contributed by atoms with Crippen molar-refractivity contribution in [3.05, 3.63) is 67.3 Å². The van der Waals surface area contributed by atoms with Crippen LogP contribution in [0, 0.1) is 0 Å². The van der Waals surface area contributed by atoms with E-state index in [1.165, 1.54) is 5.39 Å². The van der Waals surface area contributed by atoms with Gasteiger partial charge in [0.1, 0.15) is 5.65 Å². The summed E-state index contributed by atoms with van der Waals surface area (Å²) in [6, 6.07) is 14.3. The lowest BCUT2D eigenvalue weighted by Gasteiger charge is -2.05. The molecule has 0 amide bonds. The van der Waals surface area contributed by atoms with E-state index in [1.807, 2.05) is 49.1 Å². The monoisotopic (exact) mass is 245 g/mol. The molecule has 0 saturated carbocycles. The number of imidazole rings is 1. The van der Waals surface area contributed by atoms with Crippen molar-refractivity contribution in [2.45, 2.75) is 0 Å². The zero-order valence-electron chi connectivity index (χ0n) is 10.2. The van der Waals surface area contributed by atoms with E-state index in [0.717, 1.165) is 22.3 Å².